The van der Waals surface area contributed by atoms with Crippen LogP contribution in [-0.2, 0) is 22.7 Å². The van der Waals surface area contributed by atoms with E-state index in [4.69, 9.17) is 25.8 Å². The molecule has 4 aromatic carbocycles. The lowest BCUT2D eigenvalue weighted by molar-refractivity contribution is -0.140. The van der Waals surface area contributed by atoms with Gasteiger partial charge in [-0.25, -0.2) is 18.6 Å². The molecule has 7 nitrogen and oxygen atoms in total. The zero-order valence-electron chi connectivity index (χ0n) is 26.5. The fraction of sp³-hybridized carbons (Fsp3) is 0.162. The minimum absolute atomic E-state index is 0.00179. The smallest absolute Gasteiger partial charge is 0.434 e. The van der Waals surface area contributed by atoms with Crippen molar-refractivity contribution in [3.05, 3.63) is 161 Å². The summed E-state index contributed by atoms with van der Waals surface area (Å²) in [6, 6.07) is 20.3. The molecule has 0 amide bonds. The summed E-state index contributed by atoms with van der Waals surface area (Å²) in [7, 11) is 0. The van der Waals surface area contributed by atoms with E-state index in [-0.39, 0.29) is 40.5 Å². The zero-order chi connectivity index (χ0) is 36.3. The molecule has 6 rings (SSSR count). The molecule has 0 fully saturated rings. The molecule has 1 aliphatic rings. The SMILES string of the molecule is CCOC(=O)C1=C(C(F)(F)F)N=c2s/c(=C/c3ccc(OCc4ccc(F)cc4)cc3OCc3ccc(F)cc3)c(=O)n2[C@H]1c1ccc(Cl)cc1. The van der Waals surface area contributed by atoms with Gasteiger partial charge in [0.15, 0.2) is 10.5 Å². The molecule has 0 aliphatic carbocycles. The van der Waals surface area contributed by atoms with Crippen LogP contribution < -0.4 is 24.4 Å². The second-order valence-corrected chi connectivity index (χ2v) is 12.6. The Labute approximate surface area is 296 Å². The topological polar surface area (TPSA) is 79.1 Å². The van der Waals surface area contributed by atoms with Crippen molar-refractivity contribution in [1.29, 1.82) is 0 Å². The van der Waals surface area contributed by atoms with Crippen LogP contribution in [0.15, 0.2) is 112 Å². The second-order valence-electron chi connectivity index (χ2n) is 11.1. The maximum Gasteiger partial charge on any atom is 0.434 e. The van der Waals surface area contributed by atoms with E-state index >= 15 is 0 Å². The Morgan fingerprint density at radius 1 is 0.902 bits per heavy atom. The molecule has 14 heteroatoms. The minimum atomic E-state index is -5.06. The van der Waals surface area contributed by atoms with E-state index in [1.54, 1.807) is 30.3 Å². The lowest BCUT2D eigenvalue weighted by Gasteiger charge is -2.26. The Kier molecular flexibility index (Phi) is 10.4. The van der Waals surface area contributed by atoms with Crippen LogP contribution in [0.4, 0.5) is 22.0 Å². The van der Waals surface area contributed by atoms with E-state index in [1.165, 1.54) is 73.7 Å². The van der Waals surface area contributed by atoms with Crippen molar-refractivity contribution in [2.75, 3.05) is 6.61 Å². The number of allylic oxidation sites excluding steroid dienone is 1. The van der Waals surface area contributed by atoms with Gasteiger partial charge in [0.1, 0.15) is 36.3 Å². The molecule has 1 atom stereocenters. The van der Waals surface area contributed by atoms with Crippen LogP contribution >= 0.6 is 22.9 Å². The first-order chi connectivity index (χ1) is 24.4. The van der Waals surface area contributed by atoms with Crippen molar-refractivity contribution >= 4 is 35.0 Å². The van der Waals surface area contributed by atoms with Gasteiger partial charge in [0, 0.05) is 16.7 Å². The van der Waals surface area contributed by atoms with E-state index in [0.717, 1.165) is 4.57 Å². The highest BCUT2D eigenvalue weighted by Crippen LogP contribution is 2.38. The summed E-state index contributed by atoms with van der Waals surface area (Å²) in [6.07, 6.45) is -3.62. The number of carbonyl (C=O) groups excluding carboxylic acids is 1. The number of benzene rings is 4. The van der Waals surface area contributed by atoms with Gasteiger partial charge in [0.25, 0.3) is 5.56 Å². The molecule has 0 saturated carbocycles. The average Bonchev–Trinajstić information content (AvgIpc) is 3.42. The number of thiazole rings is 1. The Morgan fingerprint density at radius 2 is 1.51 bits per heavy atom. The number of nitrogens with zero attached hydrogens (tertiary/aromatic N) is 2. The summed E-state index contributed by atoms with van der Waals surface area (Å²) < 4.78 is 88.4. The number of ether oxygens (including phenoxy) is 3. The maximum atomic E-state index is 14.5. The van der Waals surface area contributed by atoms with Crippen LogP contribution in [0.1, 0.15) is 35.2 Å². The van der Waals surface area contributed by atoms with Gasteiger partial charge in [-0.1, -0.05) is 59.3 Å². The minimum Gasteiger partial charge on any atom is -0.489 e. The number of carbonyl (C=O) groups is 1. The van der Waals surface area contributed by atoms with Gasteiger partial charge in [0.05, 0.1) is 22.8 Å². The van der Waals surface area contributed by atoms with Gasteiger partial charge >= 0.3 is 12.1 Å². The fourth-order valence-electron chi connectivity index (χ4n) is 5.28. The second kappa shape index (κ2) is 14.9. The molecule has 1 aliphatic heterocycles. The number of rotatable bonds is 10. The molecule has 51 heavy (non-hydrogen) atoms. The van der Waals surface area contributed by atoms with Gasteiger partial charge in [-0.2, -0.15) is 13.2 Å². The van der Waals surface area contributed by atoms with Crippen LogP contribution in [0.3, 0.4) is 0 Å². The predicted octanol–water partition coefficient (Wildman–Crippen LogP) is 7.43. The van der Waals surface area contributed by atoms with Crippen molar-refractivity contribution in [2.45, 2.75) is 32.4 Å². The summed E-state index contributed by atoms with van der Waals surface area (Å²) >= 11 is 6.76. The molecule has 0 saturated heterocycles. The fourth-order valence-corrected chi connectivity index (χ4v) is 6.40. The first kappa shape index (κ1) is 35.6. The predicted molar refractivity (Wildman–Crippen MR) is 180 cm³/mol. The average molecular weight is 741 g/mol. The molecular formula is C37H26ClF5N2O5S. The molecule has 1 aromatic heterocycles. The summed E-state index contributed by atoms with van der Waals surface area (Å²) in [4.78, 5) is 30.7. The van der Waals surface area contributed by atoms with E-state index in [2.05, 4.69) is 4.99 Å². The highest BCUT2D eigenvalue weighted by molar-refractivity contribution is 7.07. The normalized spacial score (nSPS) is 14.6. The zero-order valence-corrected chi connectivity index (χ0v) is 28.1. The molecule has 2 heterocycles. The van der Waals surface area contributed by atoms with Gasteiger partial charge in [-0.3, -0.25) is 9.36 Å². The highest BCUT2D eigenvalue weighted by Gasteiger charge is 2.45. The standard InChI is InChI=1S/C37H26ClF5N2O5S/c1-2-48-35(47)31-32(23-7-10-25(38)11-8-23)45-34(46)30(51-36(45)44-33(31)37(41,42)43)17-24-9-16-28(49-19-21-3-12-26(39)13-4-21)18-29(24)50-20-22-5-14-27(40)15-6-22/h3-18,32H,2,19-20H2,1H3/b30-17+/t32-/m0/s1. The van der Waals surface area contributed by atoms with Crippen LogP contribution in [0, 0.1) is 11.6 Å². The molecule has 0 radical (unpaired) electrons. The molecule has 0 N–H and O–H groups in total. The lowest BCUT2D eigenvalue weighted by Crippen LogP contribution is -2.41. The van der Waals surface area contributed by atoms with E-state index in [9.17, 15) is 31.5 Å². The lowest BCUT2D eigenvalue weighted by atomic mass is 9.95. The van der Waals surface area contributed by atoms with Gasteiger partial charge in [-0.05, 0) is 78.2 Å². The molecular weight excluding hydrogens is 715 g/mol. The van der Waals surface area contributed by atoms with E-state index in [0.29, 0.717) is 38.8 Å². The number of hydrogen-bond donors (Lipinski definition) is 0. The Bertz CT molecular complexity index is 2280. The quantitative estimate of drug-likeness (QED) is 0.110. The number of hydrogen-bond acceptors (Lipinski definition) is 7. The Hall–Kier alpha value is -5.27. The third-order valence-electron chi connectivity index (χ3n) is 7.68. The summed E-state index contributed by atoms with van der Waals surface area (Å²) in [5.41, 5.74) is -1.16. The first-order valence-corrected chi connectivity index (χ1v) is 16.5. The highest BCUT2D eigenvalue weighted by atomic mass is 35.5. The van der Waals surface area contributed by atoms with Crippen molar-refractivity contribution in [3.8, 4) is 11.5 Å². The number of alkyl halides is 3. The van der Waals surface area contributed by atoms with Crippen molar-refractivity contribution in [3.63, 3.8) is 0 Å². The number of aromatic nitrogens is 1. The van der Waals surface area contributed by atoms with Crippen molar-refractivity contribution in [1.82, 2.24) is 4.57 Å². The van der Waals surface area contributed by atoms with Gasteiger partial charge in [-0.15, -0.1) is 0 Å². The molecule has 0 unspecified atom stereocenters. The van der Waals surface area contributed by atoms with Crippen LogP contribution in [-0.4, -0.2) is 23.3 Å². The summed E-state index contributed by atoms with van der Waals surface area (Å²) in [5, 5.41) is 0.294. The summed E-state index contributed by atoms with van der Waals surface area (Å²) in [5.74, 6) is -1.49. The molecule has 0 spiro atoms. The number of halogens is 6. The van der Waals surface area contributed by atoms with E-state index < -0.39 is 46.7 Å². The van der Waals surface area contributed by atoms with E-state index in [1.807, 2.05) is 0 Å². The van der Waals surface area contributed by atoms with Crippen LogP contribution in [0.25, 0.3) is 6.08 Å². The Morgan fingerprint density at radius 3 is 2.10 bits per heavy atom. The summed E-state index contributed by atoms with van der Waals surface area (Å²) in [6.45, 7) is 1.34. The maximum absolute atomic E-state index is 14.5. The third-order valence-corrected chi connectivity index (χ3v) is 8.91. The number of fused-ring (bicyclic) bond motifs is 1. The molecule has 5 aromatic rings. The van der Waals surface area contributed by atoms with Crippen molar-refractivity contribution < 1.29 is 41.0 Å². The first-order valence-electron chi connectivity index (χ1n) is 15.4. The molecule has 0 bridgehead atoms. The monoisotopic (exact) mass is 740 g/mol. The van der Waals surface area contributed by atoms with Crippen molar-refractivity contribution in [2.24, 2.45) is 4.99 Å². The molecule has 262 valence electrons. The number of esters is 1. The largest absolute Gasteiger partial charge is 0.489 e. The third kappa shape index (κ3) is 8.05. The van der Waals surface area contributed by atoms with Crippen LogP contribution in [0.5, 0.6) is 11.5 Å². The Balaban J connectivity index is 1.46. The van der Waals surface area contributed by atoms with Crippen LogP contribution in [0.2, 0.25) is 5.02 Å². The van der Waals surface area contributed by atoms with Gasteiger partial charge in [0.2, 0.25) is 0 Å². The van der Waals surface area contributed by atoms with Gasteiger partial charge < -0.3 is 14.2 Å².